The maximum atomic E-state index is 12.9. The van der Waals surface area contributed by atoms with E-state index in [1.54, 1.807) is 18.9 Å². The molecule has 0 aromatic heterocycles. The highest BCUT2D eigenvalue weighted by Crippen LogP contribution is 2.31. The number of amides is 1. The molecule has 2 aromatic rings. The molecule has 1 amide bonds. The number of ether oxygens (including phenoxy) is 1. The Balaban J connectivity index is 1.49. The van der Waals surface area contributed by atoms with E-state index < -0.39 is 16.1 Å². The van der Waals surface area contributed by atoms with Crippen molar-refractivity contribution in [2.45, 2.75) is 24.4 Å². The minimum atomic E-state index is -3.88. The molecular weight excluding hydrogens is 499 g/mol. The van der Waals surface area contributed by atoms with Gasteiger partial charge in [0.2, 0.25) is 15.9 Å². The fourth-order valence-electron chi connectivity index (χ4n) is 3.33. The van der Waals surface area contributed by atoms with Crippen molar-refractivity contribution < 1.29 is 17.9 Å². The molecule has 0 saturated heterocycles. The summed E-state index contributed by atoms with van der Waals surface area (Å²) in [5.74, 6) is 0.685. The molecule has 1 unspecified atom stereocenters. The topological polar surface area (TPSA) is 91.3 Å². The number of rotatable bonds is 10. The number of aliphatic imine (C=N–C) groups is 1. The smallest absolute Gasteiger partial charge is 0.248 e. The molecule has 1 atom stereocenters. The van der Waals surface area contributed by atoms with Gasteiger partial charge in [0.1, 0.15) is 17.3 Å². The molecule has 3 rings (SSSR count). The first kappa shape index (κ1) is 26.4. The largest absolute Gasteiger partial charge is 0.370 e. The first-order chi connectivity index (χ1) is 16.1. The summed E-state index contributed by atoms with van der Waals surface area (Å²) in [6.45, 7) is 3.63. The third kappa shape index (κ3) is 6.28. The molecule has 1 aliphatic rings. The molecule has 1 heterocycles. The molecule has 0 radical (unpaired) electrons. The van der Waals surface area contributed by atoms with E-state index in [1.165, 1.54) is 25.2 Å². The van der Waals surface area contributed by atoms with Gasteiger partial charge in [-0.25, -0.2) is 8.42 Å². The number of carbonyl (C=O) groups is 1. The first-order valence-corrected chi connectivity index (χ1v) is 12.9. The summed E-state index contributed by atoms with van der Waals surface area (Å²) < 4.78 is 32.5. The van der Waals surface area contributed by atoms with Gasteiger partial charge in [0.05, 0.1) is 23.2 Å². The molecule has 1 aliphatic heterocycles. The highest BCUT2D eigenvalue weighted by Gasteiger charge is 2.28. The highest BCUT2D eigenvalue weighted by molar-refractivity contribution is 7.89. The molecule has 34 heavy (non-hydrogen) atoms. The summed E-state index contributed by atoms with van der Waals surface area (Å²) in [6.07, 6.45) is 0. The van der Waals surface area contributed by atoms with Crippen molar-refractivity contribution >= 4 is 45.0 Å². The molecular formula is C23H28Cl2N4O4S. The molecule has 2 aromatic carbocycles. The van der Waals surface area contributed by atoms with E-state index in [1.807, 2.05) is 24.3 Å². The number of benzene rings is 2. The van der Waals surface area contributed by atoms with Crippen molar-refractivity contribution in [1.29, 1.82) is 0 Å². The zero-order chi connectivity index (χ0) is 24.9. The van der Waals surface area contributed by atoms with Crippen LogP contribution in [0.5, 0.6) is 0 Å². The van der Waals surface area contributed by atoms with Crippen molar-refractivity contribution in [3.63, 3.8) is 0 Å². The number of halogens is 2. The van der Waals surface area contributed by atoms with E-state index >= 15 is 0 Å². The van der Waals surface area contributed by atoms with Crippen LogP contribution in [-0.4, -0.2) is 75.8 Å². The molecule has 0 aliphatic carbocycles. The Bertz CT molecular complexity index is 1160. The van der Waals surface area contributed by atoms with Crippen LogP contribution in [0.4, 0.5) is 0 Å². The summed E-state index contributed by atoms with van der Waals surface area (Å²) in [6, 6.07) is 11.8. The molecule has 184 valence electrons. The normalized spacial score (nSPS) is 14.6. The predicted octanol–water partition coefficient (Wildman–Crippen LogP) is 3.03. The van der Waals surface area contributed by atoms with Crippen molar-refractivity contribution in [2.75, 3.05) is 40.4 Å². The monoisotopic (exact) mass is 526 g/mol. The Morgan fingerprint density at radius 1 is 1.18 bits per heavy atom. The second kappa shape index (κ2) is 11.5. The SMILES string of the molecule is CC(COCC(=O)N(C)Cc1ccc(C2=NCCN2)cc1)N(C)S(=O)(=O)c1cccc(Cl)c1Cl. The van der Waals surface area contributed by atoms with Gasteiger partial charge in [0.15, 0.2) is 0 Å². The maximum absolute atomic E-state index is 12.9. The Hall–Kier alpha value is -2.17. The average Bonchev–Trinajstić information content (AvgIpc) is 3.35. The summed E-state index contributed by atoms with van der Waals surface area (Å²) in [7, 11) is -0.747. The molecule has 0 spiro atoms. The van der Waals surface area contributed by atoms with Crippen LogP contribution in [0.2, 0.25) is 10.0 Å². The van der Waals surface area contributed by atoms with Crippen molar-refractivity contribution in [2.24, 2.45) is 4.99 Å². The lowest BCUT2D eigenvalue weighted by Gasteiger charge is -2.25. The zero-order valence-electron chi connectivity index (χ0n) is 19.3. The summed E-state index contributed by atoms with van der Waals surface area (Å²) in [5, 5.41) is 3.36. The highest BCUT2D eigenvalue weighted by atomic mass is 35.5. The van der Waals surface area contributed by atoms with Gasteiger partial charge in [0, 0.05) is 38.8 Å². The van der Waals surface area contributed by atoms with Gasteiger partial charge in [-0.05, 0) is 24.6 Å². The maximum Gasteiger partial charge on any atom is 0.248 e. The number of nitrogens with zero attached hydrogens (tertiary/aromatic N) is 3. The number of nitrogens with one attached hydrogen (secondary N) is 1. The number of hydrogen-bond donors (Lipinski definition) is 1. The van der Waals surface area contributed by atoms with Gasteiger partial charge in [-0.1, -0.05) is 53.5 Å². The minimum Gasteiger partial charge on any atom is -0.370 e. The second-order valence-corrected chi connectivity index (χ2v) is 10.8. The van der Waals surface area contributed by atoms with Crippen LogP contribution in [0.25, 0.3) is 0 Å². The van der Waals surface area contributed by atoms with Crippen molar-refractivity contribution in [3.05, 3.63) is 63.6 Å². The number of hydrogen-bond acceptors (Lipinski definition) is 6. The van der Waals surface area contributed by atoms with Crippen LogP contribution in [0.3, 0.4) is 0 Å². The van der Waals surface area contributed by atoms with Gasteiger partial charge in [-0.15, -0.1) is 0 Å². The van der Waals surface area contributed by atoms with E-state index in [4.69, 9.17) is 27.9 Å². The molecule has 8 nitrogen and oxygen atoms in total. The standard InChI is InChI=1S/C23H28Cl2N4O4S/c1-16(29(3)34(31,32)20-6-4-5-19(24)22(20)25)14-33-15-21(30)28(2)13-17-7-9-18(10-8-17)23-26-11-12-27-23/h4-10,16H,11-15H2,1-3H3,(H,26,27). The summed E-state index contributed by atoms with van der Waals surface area (Å²) in [4.78, 5) is 18.4. The average molecular weight is 527 g/mol. The van der Waals surface area contributed by atoms with E-state index in [0.29, 0.717) is 6.54 Å². The lowest BCUT2D eigenvalue weighted by Crippen LogP contribution is -2.39. The third-order valence-electron chi connectivity index (χ3n) is 5.53. The molecule has 1 N–H and O–H groups in total. The van der Waals surface area contributed by atoms with E-state index in [0.717, 1.165) is 34.4 Å². The fraction of sp³-hybridized carbons (Fsp3) is 0.391. The Morgan fingerprint density at radius 3 is 2.53 bits per heavy atom. The quantitative estimate of drug-likeness (QED) is 0.513. The van der Waals surface area contributed by atoms with Gasteiger partial charge < -0.3 is 15.0 Å². The lowest BCUT2D eigenvalue weighted by molar-refractivity contribution is -0.135. The second-order valence-electron chi connectivity index (χ2n) is 8.04. The first-order valence-electron chi connectivity index (χ1n) is 10.7. The van der Waals surface area contributed by atoms with E-state index in [-0.39, 0.29) is 34.1 Å². The van der Waals surface area contributed by atoms with Crippen LogP contribution in [0.15, 0.2) is 52.4 Å². The fourth-order valence-corrected chi connectivity index (χ4v) is 5.41. The van der Waals surface area contributed by atoms with Crippen LogP contribution in [-0.2, 0) is 26.1 Å². The molecule has 11 heteroatoms. The van der Waals surface area contributed by atoms with Crippen LogP contribution < -0.4 is 5.32 Å². The van der Waals surface area contributed by atoms with E-state index in [9.17, 15) is 13.2 Å². The number of likely N-dealkylation sites (N-methyl/N-ethyl adjacent to an activating group) is 2. The summed E-state index contributed by atoms with van der Waals surface area (Å²) in [5.41, 5.74) is 2.00. The lowest BCUT2D eigenvalue weighted by atomic mass is 10.1. The van der Waals surface area contributed by atoms with Crippen molar-refractivity contribution in [1.82, 2.24) is 14.5 Å². The predicted molar refractivity (Wildman–Crippen MR) is 134 cm³/mol. The van der Waals surface area contributed by atoms with Crippen LogP contribution in [0.1, 0.15) is 18.1 Å². The van der Waals surface area contributed by atoms with Gasteiger partial charge >= 0.3 is 0 Å². The summed E-state index contributed by atoms with van der Waals surface area (Å²) >= 11 is 12.0. The molecule has 0 bridgehead atoms. The Kier molecular flexibility index (Phi) is 8.95. The third-order valence-corrected chi connectivity index (χ3v) is 8.47. The van der Waals surface area contributed by atoms with Gasteiger partial charge in [-0.3, -0.25) is 9.79 Å². The number of sulfonamides is 1. The van der Waals surface area contributed by atoms with Crippen LogP contribution >= 0.6 is 23.2 Å². The van der Waals surface area contributed by atoms with Gasteiger partial charge in [0.25, 0.3) is 0 Å². The minimum absolute atomic E-state index is 0.0264. The van der Waals surface area contributed by atoms with Crippen molar-refractivity contribution in [3.8, 4) is 0 Å². The Labute approximate surface area is 210 Å². The van der Waals surface area contributed by atoms with E-state index in [2.05, 4.69) is 10.3 Å². The number of amidine groups is 1. The molecule has 0 saturated carbocycles. The zero-order valence-corrected chi connectivity index (χ0v) is 21.6. The molecule has 0 fully saturated rings. The number of carbonyl (C=O) groups excluding carboxylic acids is 1. The van der Waals surface area contributed by atoms with Crippen LogP contribution in [0, 0.1) is 0 Å². The Morgan fingerprint density at radius 2 is 1.88 bits per heavy atom. The van der Waals surface area contributed by atoms with Gasteiger partial charge in [-0.2, -0.15) is 4.31 Å².